The molecule has 0 radical (unpaired) electrons. The second-order valence-electron chi connectivity index (χ2n) is 5.35. The van der Waals surface area contributed by atoms with E-state index in [1.165, 1.54) is 12.1 Å². The highest BCUT2D eigenvalue weighted by molar-refractivity contribution is 7.80. The molecule has 0 saturated heterocycles. The van der Waals surface area contributed by atoms with Gasteiger partial charge in [0.1, 0.15) is 17.1 Å². The number of hydrogen-bond acceptors (Lipinski definition) is 4. The molecule has 2 atom stereocenters. The summed E-state index contributed by atoms with van der Waals surface area (Å²) >= 11 is 3.47. The van der Waals surface area contributed by atoms with Crippen molar-refractivity contribution in [2.75, 3.05) is 0 Å². The molecule has 0 spiro atoms. The first kappa shape index (κ1) is 19.2. The van der Waals surface area contributed by atoms with Gasteiger partial charge in [0.2, 0.25) is 16.0 Å². The fourth-order valence-corrected chi connectivity index (χ4v) is 3.47. The molecule has 0 heterocycles. The lowest BCUT2D eigenvalue weighted by atomic mass is 10.0. The van der Waals surface area contributed by atoms with E-state index < -0.39 is 27.7 Å². The van der Waals surface area contributed by atoms with Crippen LogP contribution in [-0.4, -0.2) is 24.9 Å². The Morgan fingerprint density at radius 2 is 1.88 bits per heavy atom. The summed E-state index contributed by atoms with van der Waals surface area (Å²) < 4.78 is 27.9. The molecule has 0 aliphatic heterocycles. The molecule has 2 aromatic carbocycles. The van der Waals surface area contributed by atoms with Gasteiger partial charge in [-0.2, -0.15) is 0 Å². The summed E-state index contributed by atoms with van der Waals surface area (Å²) in [5.74, 6) is -1.70. The van der Waals surface area contributed by atoms with Crippen LogP contribution in [0.5, 0.6) is 11.5 Å². The van der Waals surface area contributed by atoms with Gasteiger partial charge in [0, 0.05) is 23.1 Å². The standard InChI is InChI=1S/C17H17ClO6S/c1-2-9-17(25(22)23,11-3-5-12(18)6-4-11)24-13-7-8-14(16(20)21)15(19)10-13/h3-8,10,19H,2,9H2,1H3,(H,20,21)(H,22,23). The minimum atomic E-state index is -2.40. The van der Waals surface area contributed by atoms with E-state index in [0.717, 1.165) is 6.07 Å². The Morgan fingerprint density at radius 1 is 1.24 bits per heavy atom. The molecule has 0 saturated carbocycles. The largest absolute Gasteiger partial charge is 0.507 e. The van der Waals surface area contributed by atoms with Gasteiger partial charge in [0.15, 0.2) is 0 Å². The second kappa shape index (κ2) is 7.86. The van der Waals surface area contributed by atoms with E-state index in [2.05, 4.69) is 0 Å². The quantitative estimate of drug-likeness (QED) is 0.623. The number of halogens is 1. The van der Waals surface area contributed by atoms with Gasteiger partial charge in [-0.3, -0.25) is 0 Å². The van der Waals surface area contributed by atoms with Crippen LogP contribution >= 0.6 is 11.6 Å². The fraction of sp³-hybridized carbons (Fsp3) is 0.235. The zero-order valence-corrected chi connectivity index (χ0v) is 14.9. The third kappa shape index (κ3) is 4.12. The molecule has 2 aromatic rings. The van der Waals surface area contributed by atoms with Crippen molar-refractivity contribution in [1.29, 1.82) is 0 Å². The summed E-state index contributed by atoms with van der Waals surface area (Å²) in [6.45, 7) is 1.84. The van der Waals surface area contributed by atoms with E-state index in [1.807, 2.05) is 6.92 Å². The minimum Gasteiger partial charge on any atom is -0.507 e. The van der Waals surface area contributed by atoms with Crippen LogP contribution in [0.3, 0.4) is 0 Å². The number of phenols is 1. The molecule has 2 rings (SSSR count). The third-order valence-electron chi connectivity index (χ3n) is 3.63. The number of ether oxygens (including phenoxy) is 1. The third-order valence-corrected chi connectivity index (χ3v) is 4.97. The molecule has 134 valence electrons. The van der Waals surface area contributed by atoms with Gasteiger partial charge in [0.05, 0.1) is 0 Å². The Morgan fingerprint density at radius 3 is 2.36 bits per heavy atom. The van der Waals surface area contributed by atoms with Gasteiger partial charge >= 0.3 is 5.97 Å². The van der Waals surface area contributed by atoms with E-state index in [-0.39, 0.29) is 17.7 Å². The lowest BCUT2D eigenvalue weighted by molar-refractivity contribution is 0.0693. The molecular weight excluding hydrogens is 368 g/mol. The molecule has 8 heteroatoms. The monoisotopic (exact) mass is 384 g/mol. The van der Waals surface area contributed by atoms with Crippen LogP contribution in [0, 0.1) is 0 Å². The van der Waals surface area contributed by atoms with Crippen LogP contribution in [0.15, 0.2) is 42.5 Å². The molecule has 0 aromatic heterocycles. The summed E-state index contributed by atoms with van der Waals surface area (Å²) in [7, 11) is 0. The zero-order chi connectivity index (χ0) is 18.6. The smallest absolute Gasteiger partial charge is 0.339 e. The first-order valence-electron chi connectivity index (χ1n) is 7.42. The average Bonchev–Trinajstić information content (AvgIpc) is 2.54. The Hall–Kier alpha value is -2.09. The van der Waals surface area contributed by atoms with E-state index in [9.17, 15) is 18.7 Å². The van der Waals surface area contributed by atoms with E-state index >= 15 is 0 Å². The van der Waals surface area contributed by atoms with Crippen molar-refractivity contribution < 1.29 is 28.5 Å². The highest BCUT2D eigenvalue weighted by atomic mass is 35.5. The highest BCUT2D eigenvalue weighted by Crippen LogP contribution is 2.37. The molecule has 0 bridgehead atoms. The molecule has 3 N–H and O–H groups in total. The number of hydrogen-bond donors (Lipinski definition) is 3. The topological polar surface area (TPSA) is 104 Å². The Labute approximate surface area is 152 Å². The maximum absolute atomic E-state index is 12.2. The van der Waals surface area contributed by atoms with Crippen LogP contribution in [0.25, 0.3) is 0 Å². The second-order valence-corrected chi connectivity index (χ2v) is 6.94. The first-order valence-corrected chi connectivity index (χ1v) is 8.91. The number of rotatable bonds is 7. The molecule has 6 nitrogen and oxygen atoms in total. The zero-order valence-electron chi connectivity index (χ0n) is 13.3. The van der Waals surface area contributed by atoms with Crippen LogP contribution in [0.4, 0.5) is 0 Å². The summed E-state index contributed by atoms with van der Waals surface area (Å²) in [6, 6.07) is 9.97. The SMILES string of the molecule is CCCC(Oc1ccc(C(=O)O)c(O)c1)(c1ccc(Cl)cc1)S(=O)O. The van der Waals surface area contributed by atoms with Gasteiger partial charge in [-0.1, -0.05) is 37.1 Å². The molecule has 0 aliphatic rings. The van der Waals surface area contributed by atoms with E-state index in [1.54, 1.807) is 24.3 Å². The van der Waals surface area contributed by atoms with Gasteiger partial charge in [-0.05, 0) is 24.3 Å². The average molecular weight is 385 g/mol. The van der Waals surface area contributed by atoms with Crippen molar-refractivity contribution in [2.45, 2.75) is 24.7 Å². The van der Waals surface area contributed by atoms with Crippen LogP contribution in [-0.2, 0) is 16.0 Å². The number of aromatic carboxylic acids is 1. The van der Waals surface area contributed by atoms with Crippen molar-refractivity contribution in [3.63, 3.8) is 0 Å². The van der Waals surface area contributed by atoms with Gasteiger partial charge < -0.3 is 19.5 Å². The number of carboxylic acid groups (broad SMARTS) is 1. The van der Waals surface area contributed by atoms with Gasteiger partial charge in [0.25, 0.3) is 0 Å². The summed E-state index contributed by atoms with van der Waals surface area (Å²) in [5.41, 5.74) is 0.159. The fourth-order valence-electron chi connectivity index (χ4n) is 2.46. The number of aromatic hydroxyl groups is 1. The Kier molecular flexibility index (Phi) is 6.05. The van der Waals surface area contributed by atoms with Gasteiger partial charge in [-0.25, -0.2) is 9.00 Å². The van der Waals surface area contributed by atoms with Crippen molar-refractivity contribution in [1.82, 2.24) is 0 Å². The molecule has 0 amide bonds. The van der Waals surface area contributed by atoms with Crippen LogP contribution < -0.4 is 4.74 Å². The van der Waals surface area contributed by atoms with Crippen molar-refractivity contribution in [2.24, 2.45) is 0 Å². The molecular formula is C17H17ClO6S. The normalized spacial score (nSPS) is 14.5. The maximum atomic E-state index is 12.2. The summed E-state index contributed by atoms with van der Waals surface area (Å²) in [5, 5.41) is 19.3. The van der Waals surface area contributed by atoms with Crippen molar-refractivity contribution >= 4 is 28.7 Å². The summed E-state index contributed by atoms with van der Waals surface area (Å²) in [4.78, 5) is 9.41. The van der Waals surface area contributed by atoms with E-state index in [0.29, 0.717) is 17.0 Å². The predicted molar refractivity (Wildman–Crippen MR) is 94.5 cm³/mol. The molecule has 0 fully saturated rings. The summed E-state index contributed by atoms with van der Waals surface area (Å²) in [6.07, 6.45) is 0.771. The lowest BCUT2D eigenvalue weighted by Gasteiger charge is -2.31. The van der Waals surface area contributed by atoms with Crippen molar-refractivity contribution in [3.8, 4) is 11.5 Å². The van der Waals surface area contributed by atoms with Gasteiger partial charge in [-0.15, -0.1) is 0 Å². The highest BCUT2D eigenvalue weighted by Gasteiger charge is 2.40. The Balaban J connectivity index is 2.49. The molecule has 0 aliphatic carbocycles. The molecule has 2 unspecified atom stereocenters. The predicted octanol–water partition coefficient (Wildman–Crippen LogP) is 4.00. The van der Waals surface area contributed by atoms with Crippen LogP contribution in [0.1, 0.15) is 35.7 Å². The van der Waals surface area contributed by atoms with E-state index in [4.69, 9.17) is 21.4 Å². The maximum Gasteiger partial charge on any atom is 0.339 e. The molecule has 25 heavy (non-hydrogen) atoms. The first-order chi connectivity index (χ1) is 11.8. The number of carboxylic acids is 1. The number of benzene rings is 2. The van der Waals surface area contributed by atoms with Crippen molar-refractivity contribution in [3.05, 3.63) is 58.6 Å². The van der Waals surface area contributed by atoms with Crippen LogP contribution in [0.2, 0.25) is 5.02 Å². The number of carbonyl (C=O) groups is 1. The minimum absolute atomic E-state index is 0.0771. The lowest BCUT2D eigenvalue weighted by Crippen LogP contribution is -2.37. The Bertz CT molecular complexity index is 792.